The molecular formula is C9H10N2O5S. The van der Waals surface area contributed by atoms with Gasteiger partial charge in [0, 0.05) is 23.6 Å². The maximum absolute atomic E-state index is 11.8. The van der Waals surface area contributed by atoms with Gasteiger partial charge in [-0.1, -0.05) is 0 Å². The van der Waals surface area contributed by atoms with E-state index >= 15 is 0 Å². The molecule has 0 fully saturated rings. The Kier molecular flexibility index (Phi) is 4.30. The highest BCUT2D eigenvalue weighted by Crippen LogP contribution is 2.16. The van der Waals surface area contributed by atoms with Gasteiger partial charge in [-0.25, -0.2) is 0 Å². The number of nitrogens with two attached hydrogens (primary N) is 1. The number of nitro benzene ring substituents is 1. The molecule has 17 heavy (non-hydrogen) atoms. The van der Waals surface area contributed by atoms with Crippen LogP contribution in [0.15, 0.2) is 29.2 Å². The number of aliphatic carboxylic acids is 1. The number of non-ortho nitro benzene ring substituents is 1. The summed E-state index contributed by atoms with van der Waals surface area (Å²) in [4.78, 5) is 20.7. The number of carbonyl (C=O) groups is 1. The first-order valence-electron chi connectivity index (χ1n) is 4.55. The van der Waals surface area contributed by atoms with Crippen LogP contribution in [-0.4, -0.2) is 32.0 Å². The third-order valence-electron chi connectivity index (χ3n) is 2.03. The first kappa shape index (κ1) is 13.3. The smallest absolute Gasteiger partial charge is 0.320 e. The van der Waals surface area contributed by atoms with Gasteiger partial charge in [0.05, 0.1) is 15.7 Å². The van der Waals surface area contributed by atoms with Crippen LogP contribution < -0.4 is 5.73 Å². The van der Waals surface area contributed by atoms with Crippen LogP contribution in [0, 0.1) is 10.1 Å². The van der Waals surface area contributed by atoms with Gasteiger partial charge in [-0.3, -0.25) is 19.1 Å². The first-order valence-corrected chi connectivity index (χ1v) is 5.76. The Labute approximate surface area is 98.8 Å². The van der Waals surface area contributed by atoms with E-state index < -0.39 is 26.9 Å². The van der Waals surface area contributed by atoms with E-state index in [1.54, 1.807) is 0 Å². The van der Waals surface area contributed by atoms with Crippen LogP contribution in [-0.2, 0) is 15.6 Å². The minimum absolute atomic E-state index is 0.148. The zero-order valence-electron chi connectivity index (χ0n) is 8.61. The summed E-state index contributed by atoms with van der Waals surface area (Å²) in [6.45, 7) is -0.265. The summed E-state index contributed by atoms with van der Waals surface area (Å²) < 4.78 is 11.8. The van der Waals surface area contributed by atoms with Crippen molar-refractivity contribution in [3.8, 4) is 0 Å². The van der Waals surface area contributed by atoms with Gasteiger partial charge in [0.15, 0.2) is 0 Å². The third kappa shape index (κ3) is 3.08. The van der Waals surface area contributed by atoms with Crippen molar-refractivity contribution in [2.75, 3.05) is 6.54 Å². The Morgan fingerprint density at radius 1 is 1.47 bits per heavy atom. The Hall–Kier alpha value is -1.80. The second-order valence-electron chi connectivity index (χ2n) is 3.11. The molecule has 7 nitrogen and oxygen atoms in total. The van der Waals surface area contributed by atoms with Crippen molar-refractivity contribution < 1.29 is 19.0 Å². The topological polar surface area (TPSA) is 124 Å². The van der Waals surface area contributed by atoms with Gasteiger partial charge in [0.2, 0.25) is 0 Å². The van der Waals surface area contributed by atoms with Gasteiger partial charge >= 0.3 is 5.97 Å². The molecule has 1 aromatic carbocycles. The number of hydrogen-bond acceptors (Lipinski definition) is 5. The summed E-state index contributed by atoms with van der Waals surface area (Å²) >= 11 is 0. The van der Waals surface area contributed by atoms with Crippen LogP contribution in [0.1, 0.15) is 0 Å². The molecule has 0 saturated heterocycles. The number of nitrogens with zero attached hydrogens (tertiary/aromatic N) is 1. The van der Waals surface area contributed by atoms with Gasteiger partial charge < -0.3 is 10.8 Å². The molecule has 0 spiro atoms. The molecule has 2 unspecified atom stereocenters. The Balaban J connectivity index is 2.97. The fourth-order valence-electron chi connectivity index (χ4n) is 1.15. The maximum Gasteiger partial charge on any atom is 0.320 e. The van der Waals surface area contributed by atoms with E-state index in [0.717, 1.165) is 0 Å². The molecule has 0 aliphatic carbocycles. The van der Waals surface area contributed by atoms with E-state index in [9.17, 15) is 19.1 Å². The second-order valence-corrected chi connectivity index (χ2v) is 4.75. The highest BCUT2D eigenvalue weighted by molar-refractivity contribution is 7.86. The Morgan fingerprint density at radius 3 is 2.35 bits per heavy atom. The predicted octanol–water partition coefficient (Wildman–Crippen LogP) is 0.114. The highest BCUT2D eigenvalue weighted by atomic mass is 32.2. The molecule has 92 valence electrons. The molecule has 0 amide bonds. The molecule has 0 saturated carbocycles. The fourth-order valence-corrected chi connectivity index (χ4v) is 2.24. The highest BCUT2D eigenvalue weighted by Gasteiger charge is 2.24. The van der Waals surface area contributed by atoms with E-state index in [0.29, 0.717) is 0 Å². The zero-order valence-corrected chi connectivity index (χ0v) is 9.42. The van der Waals surface area contributed by atoms with Crippen LogP contribution in [0.4, 0.5) is 5.69 Å². The number of nitro groups is 1. The van der Waals surface area contributed by atoms with Crippen molar-refractivity contribution in [3.05, 3.63) is 34.4 Å². The van der Waals surface area contributed by atoms with Crippen LogP contribution >= 0.6 is 0 Å². The average Bonchev–Trinajstić information content (AvgIpc) is 2.29. The number of hydrogen-bond donors (Lipinski definition) is 2. The van der Waals surface area contributed by atoms with Gasteiger partial charge in [0.25, 0.3) is 5.69 Å². The SMILES string of the molecule is NCC(C(=O)O)S(=O)c1ccc([N+](=O)[O-])cc1. The first-order chi connectivity index (χ1) is 7.97. The Morgan fingerprint density at radius 2 is 2.00 bits per heavy atom. The summed E-state index contributed by atoms with van der Waals surface area (Å²) in [7, 11) is -1.82. The summed E-state index contributed by atoms with van der Waals surface area (Å²) in [5.41, 5.74) is 5.06. The van der Waals surface area contributed by atoms with Crippen molar-refractivity contribution in [2.24, 2.45) is 5.73 Å². The standard InChI is InChI=1S/C9H10N2O5S/c10-5-8(9(12)13)17(16)7-3-1-6(2-4-7)11(14)15/h1-4,8H,5,10H2,(H,12,13). The van der Waals surface area contributed by atoms with Crippen LogP contribution in [0.5, 0.6) is 0 Å². The number of carboxylic acids is 1. The molecule has 0 bridgehead atoms. The molecule has 1 aromatic rings. The maximum atomic E-state index is 11.8. The normalized spacial score (nSPS) is 13.9. The van der Waals surface area contributed by atoms with Crippen LogP contribution in [0.25, 0.3) is 0 Å². The van der Waals surface area contributed by atoms with E-state index in [2.05, 4.69) is 0 Å². The largest absolute Gasteiger partial charge is 0.480 e. The molecule has 1 rings (SSSR count). The zero-order chi connectivity index (χ0) is 13.0. The molecule has 8 heteroatoms. The van der Waals surface area contributed by atoms with Crippen molar-refractivity contribution in [3.63, 3.8) is 0 Å². The van der Waals surface area contributed by atoms with Gasteiger partial charge in [0.1, 0.15) is 5.25 Å². The summed E-state index contributed by atoms with van der Waals surface area (Å²) in [5.74, 6) is -1.26. The van der Waals surface area contributed by atoms with Crippen molar-refractivity contribution in [2.45, 2.75) is 10.1 Å². The van der Waals surface area contributed by atoms with Gasteiger partial charge in [-0.15, -0.1) is 0 Å². The number of carboxylic acid groups (broad SMARTS) is 1. The molecule has 0 aliphatic heterocycles. The lowest BCUT2D eigenvalue weighted by atomic mass is 10.3. The lowest BCUT2D eigenvalue weighted by Crippen LogP contribution is -2.33. The van der Waals surface area contributed by atoms with Crippen LogP contribution in [0.2, 0.25) is 0 Å². The molecule has 0 aromatic heterocycles. The molecular weight excluding hydrogens is 248 g/mol. The minimum Gasteiger partial charge on any atom is -0.480 e. The van der Waals surface area contributed by atoms with Crippen LogP contribution in [0.3, 0.4) is 0 Å². The Bertz CT molecular complexity index is 459. The van der Waals surface area contributed by atoms with E-state index in [-0.39, 0.29) is 17.1 Å². The number of rotatable bonds is 5. The minimum atomic E-state index is -1.82. The van der Waals surface area contributed by atoms with E-state index in [1.165, 1.54) is 24.3 Å². The number of benzene rings is 1. The van der Waals surface area contributed by atoms with Crippen molar-refractivity contribution in [1.82, 2.24) is 0 Å². The lowest BCUT2D eigenvalue weighted by Gasteiger charge is -2.09. The molecule has 3 N–H and O–H groups in total. The summed E-state index contributed by atoms with van der Waals surface area (Å²) in [6.07, 6.45) is 0. The fraction of sp³-hybridized carbons (Fsp3) is 0.222. The molecule has 2 atom stereocenters. The van der Waals surface area contributed by atoms with Gasteiger partial charge in [-0.2, -0.15) is 0 Å². The van der Waals surface area contributed by atoms with E-state index in [4.69, 9.17) is 10.8 Å². The molecule has 0 aliphatic rings. The predicted molar refractivity (Wildman–Crippen MR) is 60.0 cm³/mol. The average molecular weight is 258 g/mol. The lowest BCUT2D eigenvalue weighted by molar-refractivity contribution is -0.384. The summed E-state index contributed by atoms with van der Waals surface area (Å²) in [5, 5.41) is 18.0. The van der Waals surface area contributed by atoms with Gasteiger partial charge in [-0.05, 0) is 12.1 Å². The quantitative estimate of drug-likeness (QED) is 0.570. The van der Waals surface area contributed by atoms with Crippen molar-refractivity contribution >= 4 is 22.5 Å². The third-order valence-corrected chi connectivity index (χ3v) is 3.68. The van der Waals surface area contributed by atoms with E-state index in [1.807, 2.05) is 0 Å². The second kappa shape index (κ2) is 5.51. The molecule has 0 radical (unpaired) electrons. The summed E-state index contributed by atoms with van der Waals surface area (Å²) in [6, 6.07) is 4.87. The monoisotopic (exact) mass is 258 g/mol. The van der Waals surface area contributed by atoms with Crippen molar-refractivity contribution in [1.29, 1.82) is 0 Å². The molecule has 0 heterocycles.